The molecule has 0 bridgehead atoms. The second kappa shape index (κ2) is 7.24. The molecule has 1 aromatic carbocycles. The molecular formula is C13H20ClN3O. The fourth-order valence-corrected chi connectivity index (χ4v) is 1.99. The molecule has 1 aromatic rings. The van der Waals surface area contributed by atoms with Crippen LogP contribution < -0.4 is 16.4 Å². The van der Waals surface area contributed by atoms with Gasteiger partial charge in [-0.15, -0.1) is 0 Å². The highest BCUT2D eigenvalue weighted by Gasteiger charge is 2.10. The molecular weight excluding hydrogens is 250 g/mol. The van der Waals surface area contributed by atoms with E-state index in [-0.39, 0.29) is 12.5 Å². The molecule has 0 saturated heterocycles. The molecule has 0 atom stereocenters. The Morgan fingerprint density at radius 3 is 2.67 bits per heavy atom. The number of hydrogen-bond donors (Lipinski definition) is 2. The molecule has 100 valence electrons. The summed E-state index contributed by atoms with van der Waals surface area (Å²) in [5, 5.41) is 0.626. The van der Waals surface area contributed by atoms with E-state index in [0.29, 0.717) is 11.6 Å². The summed E-state index contributed by atoms with van der Waals surface area (Å²) in [6.45, 7) is 3.51. The number of halogens is 1. The number of carbonyl (C=O) groups excluding carboxylic acids is 1. The van der Waals surface area contributed by atoms with Gasteiger partial charge in [0.1, 0.15) is 0 Å². The molecule has 4 nitrogen and oxygen atoms in total. The minimum atomic E-state index is -0.342. The first-order valence-corrected chi connectivity index (χ1v) is 6.48. The van der Waals surface area contributed by atoms with E-state index in [1.54, 1.807) is 0 Å². The van der Waals surface area contributed by atoms with Crippen LogP contribution in [-0.4, -0.2) is 19.0 Å². The number of hydrogen-bond acceptors (Lipinski definition) is 3. The number of anilines is 1. The van der Waals surface area contributed by atoms with Crippen LogP contribution in [0.25, 0.3) is 0 Å². The second-order valence-corrected chi connectivity index (χ2v) is 4.63. The normalized spacial score (nSPS) is 10.4. The molecule has 1 amide bonds. The minimum Gasteiger partial charge on any atom is -0.368 e. The number of unbranched alkanes of at least 4 members (excludes halogenated alkanes) is 1. The van der Waals surface area contributed by atoms with Crippen LogP contribution in [0.2, 0.25) is 5.02 Å². The molecule has 0 heterocycles. The van der Waals surface area contributed by atoms with E-state index in [0.717, 1.165) is 30.6 Å². The monoisotopic (exact) mass is 269 g/mol. The zero-order chi connectivity index (χ0) is 13.5. The van der Waals surface area contributed by atoms with Crippen LogP contribution >= 0.6 is 11.6 Å². The third kappa shape index (κ3) is 4.20. The maximum atomic E-state index is 11.1. The van der Waals surface area contributed by atoms with E-state index in [9.17, 15) is 4.79 Å². The molecule has 0 aliphatic heterocycles. The van der Waals surface area contributed by atoms with Crippen LogP contribution in [0.1, 0.15) is 25.3 Å². The maximum absolute atomic E-state index is 11.1. The fourth-order valence-electron chi connectivity index (χ4n) is 1.73. The van der Waals surface area contributed by atoms with Gasteiger partial charge in [-0.3, -0.25) is 4.79 Å². The summed E-state index contributed by atoms with van der Waals surface area (Å²) in [7, 11) is 0. The first kappa shape index (κ1) is 14.8. The van der Waals surface area contributed by atoms with Crippen LogP contribution in [0.4, 0.5) is 5.69 Å². The zero-order valence-electron chi connectivity index (χ0n) is 10.7. The van der Waals surface area contributed by atoms with Crippen molar-refractivity contribution in [2.24, 2.45) is 11.5 Å². The van der Waals surface area contributed by atoms with Crippen molar-refractivity contribution in [2.75, 3.05) is 18.0 Å². The molecule has 1 rings (SSSR count). The number of carbonyl (C=O) groups is 1. The Hall–Kier alpha value is -1.26. The van der Waals surface area contributed by atoms with Gasteiger partial charge in [0.2, 0.25) is 5.91 Å². The molecule has 18 heavy (non-hydrogen) atoms. The van der Waals surface area contributed by atoms with Crippen molar-refractivity contribution in [3.05, 3.63) is 28.8 Å². The topological polar surface area (TPSA) is 72.3 Å². The van der Waals surface area contributed by atoms with E-state index >= 15 is 0 Å². The first-order chi connectivity index (χ1) is 8.58. The highest BCUT2D eigenvalue weighted by molar-refractivity contribution is 6.31. The van der Waals surface area contributed by atoms with Gasteiger partial charge >= 0.3 is 0 Å². The molecule has 0 aromatic heterocycles. The summed E-state index contributed by atoms with van der Waals surface area (Å²) < 4.78 is 0. The Balaban J connectivity index is 2.89. The van der Waals surface area contributed by atoms with Crippen LogP contribution in [0, 0.1) is 0 Å². The third-order valence-corrected chi connectivity index (χ3v) is 3.10. The summed E-state index contributed by atoms with van der Waals surface area (Å²) in [5.74, 6) is -0.342. The summed E-state index contributed by atoms with van der Waals surface area (Å²) in [6, 6.07) is 5.65. The number of benzene rings is 1. The Morgan fingerprint density at radius 1 is 1.44 bits per heavy atom. The summed E-state index contributed by atoms with van der Waals surface area (Å²) >= 11 is 6.12. The van der Waals surface area contributed by atoms with Gasteiger partial charge in [-0.05, 0) is 24.1 Å². The standard InChI is InChI=1S/C13H20ClN3O/c1-2-3-6-17(9-13(16)18)11-5-4-10(8-15)12(14)7-11/h4-5,7H,2-3,6,8-9,15H2,1H3,(H2,16,18). The lowest BCUT2D eigenvalue weighted by atomic mass is 10.2. The smallest absolute Gasteiger partial charge is 0.236 e. The zero-order valence-corrected chi connectivity index (χ0v) is 11.4. The summed E-state index contributed by atoms with van der Waals surface area (Å²) in [4.78, 5) is 13.0. The highest BCUT2D eigenvalue weighted by Crippen LogP contribution is 2.23. The summed E-state index contributed by atoms with van der Waals surface area (Å²) in [5.41, 5.74) is 12.6. The molecule has 0 fully saturated rings. The van der Waals surface area contributed by atoms with Gasteiger partial charge in [-0.2, -0.15) is 0 Å². The molecule has 5 heteroatoms. The SMILES string of the molecule is CCCCN(CC(N)=O)c1ccc(CN)c(Cl)c1. The number of nitrogens with zero attached hydrogens (tertiary/aromatic N) is 1. The minimum absolute atomic E-state index is 0.207. The van der Waals surface area contributed by atoms with Crippen LogP contribution in [0.5, 0.6) is 0 Å². The van der Waals surface area contributed by atoms with Crippen molar-refractivity contribution in [3.8, 4) is 0 Å². The number of amides is 1. The van der Waals surface area contributed by atoms with Crippen molar-refractivity contribution in [3.63, 3.8) is 0 Å². The number of rotatable bonds is 7. The Kier molecular flexibility index (Phi) is 5.95. The molecule has 0 aliphatic carbocycles. The van der Waals surface area contributed by atoms with E-state index in [1.807, 2.05) is 23.1 Å². The van der Waals surface area contributed by atoms with E-state index in [1.165, 1.54) is 0 Å². The van der Waals surface area contributed by atoms with Crippen molar-refractivity contribution < 1.29 is 4.79 Å². The lowest BCUT2D eigenvalue weighted by Crippen LogP contribution is -2.34. The first-order valence-electron chi connectivity index (χ1n) is 6.10. The molecule has 0 unspecified atom stereocenters. The van der Waals surface area contributed by atoms with Gasteiger partial charge in [-0.25, -0.2) is 0 Å². The number of primary amides is 1. The second-order valence-electron chi connectivity index (χ2n) is 4.22. The van der Waals surface area contributed by atoms with Crippen LogP contribution in [0.3, 0.4) is 0 Å². The van der Waals surface area contributed by atoms with Crippen LogP contribution in [-0.2, 0) is 11.3 Å². The lowest BCUT2D eigenvalue weighted by molar-refractivity contribution is -0.116. The molecule has 4 N–H and O–H groups in total. The van der Waals surface area contributed by atoms with E-state index in [4.69, 9.17) is 23.1 Å². The summed E-state index contributed by atoms with van der Waals surface area (Å²) in [6.07, 6.45) is 2.06. The lowest BCUT2D eigenvalue weighted by Gasteiger charge is -2.23. The van der Waals surface area contributed by atoms with E-state index in [2.05, 4.69) is 6.92 Å². The van der Waals surface area contributed by atoms with E-state index < -0.39 is 0 Å². The maximum Gasteiger partial charge on any atom is 0.236 e. The van der Waals surface area contributed by atoms with Gasteiger partial charge in [0.15, 0.2) is 0 Å². The Labute approximate surface area is 113 Å². The predicted octanol–water partition coefficient (Wildman–Crippen LogP) is 1.89. The van der Waals surface area contributed by atoms with Gasteiger partial charge in [0.25, 0.3) is 0 Å². The predicted molar refractivity (Wildman–Crippen MR) is 75.7 cm³/mol. The van der Waals surface area contributed by atoms with Crippen molar-refractivity contribution in [2.45, 2.75) is 26.3 Å². The Bertz CT molecular complexity index is 409. The van der Waals surface area contributed by atoms with Crippen molar-refractivity contribution in [1.29, 1.82) is 0 Å². The average molecular weight is 270 g/mol. The molecule has 0 saturated carbocycles. The van der Waals surface area contributed by atoms with Gasteiger partial charge in [0.05, 0.1) is 6.54 Å². The van der Waals surface area contributed by atoms with Gasteiger partial charge in [0, 0.05) is 23.8 Å². The van der Waals surface area contributed by atoms with Gasteiger partial charge in [-0.1, -0.05) is 31.0 Å². The quantitative estimate of drug-likeness (QED) is 0.794. The van der Waals surface area contributed by atoms with Crippen molar-refractivity contribution in [1.82, 2.24) is 0 Å². The molecule has 0 spiro atoms. The largest absolute Gasteiger partial charge is 0.368 e. The van der Waals surface area contributed by atoms with Crippen molar-refractivity contribution >= 4 is 23.2 Å². The van der Waals surface area contributed by atoms with Crippen LogP contribution in [0.15, 0.2) is 18.2 Å². The molecule has 0 radical (unpaired) electrons. The third-order valence-electron chi connectivity index (χ3n) is 2.75. The highest BCUT2D eigenvalue weighted by atomic mass is 35.5. The Morgan fingerprint density at radius 2 is 2.17 bits per heavy atom. The molecule has 0 aliphatic rings. The number of nitrogens with two attached hydrogens (primary N) is 2. The van der Waals surface area contributed by atoms with Gasteiger partial charge < -0.3 is 16.4 Å². The fraction of sp³-hybridized carbons (Fsp3) is 0.462. The average Bonchev–Trinajstić information content (AvgIpc) is 2.34.